The summed E-state index contributed by atoms with van der Waals surface area (Å²) < 4.78 is 0. The van der Waals surface area contributed by atoms with E-state index in [-0.39, 0.29) is 17.2 Å². The highest BCUT2D eigenvalue weighted by Crippen LogP contribution is 2.36. The number of carbonyl (C=O) groups excluding carboxylic acids is 2. The summed E-state index contributed by atoms with van der Waals surface area (Å²) in [6.45, 7) is 5.96. The molecule has 0 fully saturated rings. The smallest absolute Gasteiger partial charge is 0.261 e. The van der Waals surface area contributed by atoms with Crippen LogP contribution in [0.25, 0.3) is 0 Å². The van der Waals surface area contributed by atoms with Crippen molar-refractivity contribution >= 4 is 24.4 Å². The van der Waals surface area contributed by atoms with Gasteiger partial charge in [-0.1, -0.05) is 57.2 Å². The van der Waals surface area contributed by atoms with Crippen molar-refractivity contribution in [3.63, 3.8) is 0 Å². The molecule has 126 valence electrons. The zero-order valence-electron chi connectivity index (χ0n) is 14.3. The molecule has 3 nitrogen and oxygen atoms in total. The number of fused-ring (bicyclic) bond motifs is 1. The number of unbranched alkanes of at least 4 members (excludes halogenated alkanes) is 4. The highest BCUT2D eigenvalue weighted by atomic mass is 32.1. The van der Waals surface area contributed by atoms with Crippen LogP contribution in [0.15, 0.2) is 24.3 Å². The molecule has 1 aromatic carbocycles. The molecule has 23 heavy (non-hydrogen) atoms. The van der Waals surface area contributed by atoms with Crippen LogP contribution in [-0.2, 0) is 10.2 Å². The second-order valence-corrected chi connectivity index (χ2v) is 7.43. The molecular weight excluding hydrogens is 306 g/mol. The van der Waals surface area contributed by atoms with E-state index in [9.17, 15) is 9.59 Å². The largest absolute Gasteiger partial charge is 0.273 e. The van der Waals surface area contributed by atoms with E-state index in [2.05, 4.69) is 19.6 Å². The maximum Gasteiger partial charge on any atom is 0.261 e. The standard InChI is InChI=1S/C19H27NO2S/c1-4-5-6-7-8-13-16(23)20-17(21)14-11-9-10-12-15(14)19(2,3)18(20)22/h9-12,16,23H,4-8,13H2,1-3H3. The second kappa shape index (κ2) is 7.52. The Balaban J connectivity index is 2.13. The normalized spacial score (nSPS) is 18.0. The number of imide groups is 1. The zero-order chi connectivity index (χ0) is 17.0. The lowest BCUT2D eigenvalue weighted by molar-refractivity contribution is -0.134. The number of thiol groups is 1. The number of hydrogen-bond acceptors (Lipinski definition) is 3. The first kappa shape index (κ1) is 18.1. The Kier molecular flexibility index (Phi) is 5.90. The quantitative estimate of drug-likeness (QED) is 0.451. The predicted octanol–water partition coefficient (Wildman–Crippen LogP) is 4.56. The SMILES string of the molecule is CCCCCCCC(S)N1C(=O)c2ccccc2C(C)(C)C1=O. The minimum atomic E-state index is -0.687. The molecule has 0 spiro atoms. The van der Waals surface area contributed by atoms with Crippen molar-refractivity contribution in [3.05, 3.63) is 35.4 Å². The Labute approximate surface area is 144 Å². The van der Waals surface area contributed by atoms with Gasteiger partial charge in [0.05, 0.1) is 10.8 Å². The molecule has 0 bridgehead atoms. The van der Waals surface area contributed by atoms with Gasteiger partial charge in [-0.3, -0.25) is 14.5 Å². The summed E-state index contributed by atoms with van der Waals surface area (Å²) in [5.41, 5.74) is 0.755. The lowest BCUT2D eigenvalue weighted by Crippen LogP contribution is -2.54. The van der Waals surface area contributed by atoms with Crippen LogP contribution in [0, 0.1) is 0 Å². The van der Waals surface area contributed by atoms with Crippen LogP contribution in [0.3, 0.4) is 0 Å². The van der Waals surface area contributed by atoms with E-state index >= 15 is 0 Å². The van der Waals surface area contributed by atoms with Crippen LogP contribution in [0.2, 0.25) is 0 Å². The first-order chi connectivity index (χ1) is 10.9. The molecule has 1 unspecified atom stereocenters. The summed E-state index contributed by atoms with van der Waals surface area (Å²) in [6, 6.07) is 7.41. The molecule has 4 heteroatoms. The van der Waals surface area contributed by atoms with E-state index in [1.807, 2.05) is 32.0 Å². The average molecular weight is 333 g/mol. The molecule has 1 atom stereocenters. The van der Waals surface area contributed by atoms with Gasteiger partial charge in [-0.25, -0.2) is 0 Å². The van der Waals surface area contributed by atoms with Gasteiger partial charge < -0.3 is 0 Å². The Bertz CT molecular complexity index is 582. The number of rotatable bonds is 7. The van der Waals surface area contributed by atoms with Gasteiger partial charge in [0, 0.05) is 5.56 Å². The number of carbonyl (C=O) groups is 2. The Morgan fingerprint density at radius 3 is 2.43 bits per heavy atom. The van der Waals surface area contributed by atoms with Crippen LogP contribution in [0.1, 0.15) is 75.2 Å². The van der Waals surface area contributed by atoms with Crippen LogP contribution in [0.4, 0.5) is 0 Å². The molecule has 0 aliphatic carbocycles. The minimum Gasteiger partial charge on any atom is -0.273 e. The molecule has 2 amide bonds. The summed E-state index contributed by atoms with van der Waals surface area (Å²) in [5, 5.41) is -0.343. The van der Waals surface area contributed by atoms with Gasteiger partial charge >= 0.3 is 0 Å². The summed E-state index contributed by atoms with van der Waals surface area (Å²) in [6.07, 6.45) is 6.52. The van der Waals surface area contributed by atoms with E-state index < -0.39 is 5.41 Å². The second-order valence-electron chi connectivity index (χ2n) is 6.83. The van der Waals surface area contributed by atoms with Gasteiger partial charge in [-0.05, 0) is 31.9 Å². The third-order valence-corrected chi connectivity index (χ3v) is 5.16. The lowest BCUT2D eigenvalue weighted by atomic mass is 9.77. The minimum absolute atomic E-state index is 0.144. The number of benzene rings is 1. The van der Waals surface area contributed by atoms with Crippen molar-refractivity contribution in [1.29, 1.82) is 0 Å². The molecule has 0 N–H and O–H groups in total. The van der Waals surface area contributed by atoms with Crippen LogP contribution in [0.5, 0.6) is 0 Å². The molecule has 0 saturated carbocycles. The lowest BCUT2D eigenvalue weighted by Gasteiger charge is -2.39. The van der Waals surface area contributed by atoms with Gasteiger partial charge in [-0.15, -0.1) is 0 Å². The fourth-order valence-electron chi connectivity index (χ4n) is 3.18. The van der Waals surface area contributed by atoms with Gasteiger partial charge in [0.1, 0.15) is 0 Å². The number of nitrogens with zero attached hydrogens (tertiary/aromatic N) is 1. The zero-order valence-corrected chi connectivity index (χ0v) is 15.2. The van der Waals surface area contributed by atoms with E-state index in [0.29, 0.717) is 5.56 Å². The van der Waals surface area contributed by atoms with E-state index in [1.165, 1.54) is 24.2 Å². The summed E-state index contributed by atoms with van der Waals surface area (Å²) >= 11 is 4.57. The van der Waals surface area contributed by atoms with E-state index in [0.717, 1.165) is 24.8 Å². The predicted molar refractivity (Wildman–Crippen MR) is 96.8 cm³/mol. The van der Waals surface area contributed by atoms with Crippen molar-refractivity contribution in [2.24, 2.45) is 0 Å². The van der Waals surface area contributed by atoms with Crippen molar-refractivity contribution in [2.45, 2.75) is 70.1 Å². The van der Waals surface area contributed by atoms with Crippen molar-refractivity contribution in [1.82, 2.24) is 4.90 Å². The molecule has 1 aliphatic heterocycles. The molecular formula is C19H27NO2S. The fourth-order valence-corrected chi connectivity index (χ4v) is 3.58. The summed E-state index contributed by atoms with van der Waals surface area (Å²) in [5.74, 6) is -0.353. The number of amides is 2. The Hall–Kier alpha value is -1.29. The summed E-state index contributed by atoms with van der Waals surface area (Å²) in [7, 11) is 0. The molecule has 2 rings (SSSR count). The monoisotopic (exact) mass is 333 g/mol. The maximum absolute atomic E-state index is 12.9. The van der Waals surface area contributed by atoms with Crippen molar-refractivity contribution in [3.8, 4) is 0 Å². The van der Waals surface area contributed by atoms with Crippen molar-refractivity contribution < 1.29 is 9.59 Å². The van der Waals surface area contributed by atoms with Gasteiger partial charge in [-0.2, -0.15) is 12.6 Å². The van der Waals surface area contributed by atoms with Crippen LogP contribution in [-0.4, -0.2) is 22.1 Å². The molecule has 0 radical (unpaired) electrons. The van der Waals surface area contributed by atoms with Crippen molar-refractivity contribution in [2.75, 3.05) is 0 Å². The Morgan fingerprint density at radius 1 is 1.09 bits per heavy atom. The molecule has 0 saturated heterocycles. The molecule has 1 heterocycles. The molecule has 0 aromatic heterocycles. The molecule has 1 aromatic rings. The summed E-state index contributed by atoms with van der Waals surface area (Å²) in [4.78, 5) is 27.0. The highest BCUT2D eigenvalue weighted by molar-refractivity contribution is 7.80. The maximum atomic E-state index is 12.9. The molecule has 1 aliphatic rings. The van der Waals surface area contributed by atoms with Gasteiger partial charge in [0.2, 0.25) is 5.91 Å². The van der Waals surface area contributed by atoms with Gasteiger partial charge in [0.25, 0.3) is 5.91 Å². The van der Waals surface area contributed by atoms with Crippen LogP contribution >= 0.6 is 12.6 Å². The average Bonchev–Trinajstić information content (AvgIpc) is 2.53. The first-order valence-electron chi connectivity index (χ1n) is 8.56. The third kappa shape index (κ3) is 3.63. The van der Waals surface area contributed by atoms with E-state index in [4.69, 9.17) is 0 Å². The Morgan fingerprint density at radius 2 is 1.74 bits per heavy atom. The topological polar surface area (TPSA) is 37.4 Å². The van der Waals surface area contributed by atoms with Gasteiger partial charge in [0.15, 0.2) is 0 Å². The highest BCUT2D eigenvalue weighted by Gasteiger charge is 2.45. The van der Waals surface area contributed by atoms with E-state index in [1.54, 1.807) is 6.07 Å². The van der Waals surface area contributed by atoms with Crippen LogP contribution < -0.4 is 0 Å². The fraction of sp³-hybridized carbons (Fsp3) is 0.579. The third-order valence-electron chi connectivity index (χ3n) is 4.67. The first-order valence-corrected chi connectivity index (χ1v) is 9.08. The number of hydrogen-bond donors (Lipinski definition) is 1.